The summed E-state index contributed by atoms with van der Waals surface area (Å²) in [4.78, 5) is 36.5. The predicted molar refractivity (Wildman–Crippen MR) is 231 cm³/mol. The van der Waals surface area contributed by atoms with Crippen molar-refractivity contribution in [2.75, 3.05) is 0 Å². The summed E-state index contributed by atoms with van der Waals surface area (Å²) >= 11 is 0. The Morgan fingerprint density at radius 1 is 0.423 bits per heavy atom. The van der Waals surface area contributed by atoms with E-state index in [1.54, 1.807) is 0 Å². The molecule has 0 radical (unpaired) electrons. The Bertz CT molecular complexity index is 1300. The molecule has 3 N–H and O–H groups in total. The minimum absolute atomic E-state index is 0.0785. The van der Waals surface area contributed by atoms with Gasteiger partial charge in [0.15, 0.2) is 0 Å². The van der Waals surface area contributed by atoms with Gasteiger partial charge in [0.2, 0.25) is 5.16 Å². The molecule has 0 aromatic heterocycles. The Hall–Kier alpha value is -1.25. The fourth-order valence-corrected chi connectivity index (χ4v) is 9.95. The van der Waals surface area contributed by atoms with Gasteiger partial charge in [0, 0.05) is 17.5 Å². The van der Waals surface area contributed by atoms with Crippen LogP contribution in [-0.2, 0) is 26.8 Å². The SMILES string of the molecule is CCCCCCCCCCCCCCCCCC(c1c(C)cc(C(C)(C)C)cc1C(C)(C)C)(c1c(C)cc(C(C)(C)C)cc1C(C)(C)C)[P+](O)(O)O. The maximum absolute atomic E-state index is 12.2. The second kappa shape index (κ2) is 19.1. The monoisotopic (exact) mass is 740 g/mol. The van der Waals surface area contributed by atoms with Crippen LogP contribution in [0.25, 0.3) is 0 Å². The Morgan fingerprint density at radius 2 is 0.712 bits per heavy atom. The molecule has 0 atom stereocenters. The number of benzene rings is 2. The van der Waals surface area contributed by atoms with Crippen molar-refractivity contribution in [3.05, 3.63) is 68.8 Å². The average molecular weight is 740 g/mol. The molecule has 0 saturated heterocycles. The molecule has 52 heavy (non-hydrogen) atoms. The van der Waals surface area contributed by atoms with Crippen molar-refractivity contribution in [2.24, 2.45) is 0 Å². The first-order valence-electron chi connectivity index (χ1n) is 21.2. The molecule has 0 unspecified atom stereocenters. The van der Waals surface area contributed by atoms with E-state index in [1.807, 2.05) is 0 Å². The van der Waals surface area contributed by atoms with Crippen LogP contribution < -0.4 is 0 Å². The van der Waals surface area contributed by atoms with Gasteiger partial charge in [0.05, 0.1) is 0 Å². The van der Waals surface area contributed by atoms with Crippen LogP contribution in [0.2, 0.25) is 0 Å². The Balaban J connectivity index is 2.59. The summed E-state index contributed by atoms with van der Waals surface area (Å²) < 4.78 is 0. The van der Waals surface area contributed by atoms with Gasteiger partial charge in [-0.2, -0.15) is 14.7 Å². The van der Waals surface area contributed by atoms with Crippen LogP contribution in [0.1, 0.15) is 237 Å². The van der Waals surface area contributed by atoms with Crippen molar-refractivity contribution in [1.29, 1.82) is 0 Å². The van der Waals surface area contributed by atoms with Gasteiger partial charge >= 0.3 is 7.94 Å². The molecule has 3 nitrogen and oxygen atoms in total. The first-order valence-corrected chi connectivity index (χ1v) is 22.8. The van der Waals surface area contributed by atoms with Gasteiger partial charge in [-0.1, -0.05) is 204 Å². The second-order valence-electron chi connectivity index (χ2n) is 20.6. The van der Waals surface area contributed by atoms with Crippen LogP contribution in [0.15, 0.2) is 24.3 Å². The molecule has 0 saturated carbocycles. The van der Waals surface area contributed by atoms with Gasteiger partial charge in [-0.05, 0) is 75.3 Å². The maximum atomic E-state index is 12.2. The minimum Gasteiger partial charge on any atom is -0.192 e. The quantitative estimate of drug-likeness (QED) is 0.0993. The van der Waals surface area contributed by atoms with E-state index in [0.29, 0.717) is 6.42 Å². The van der Waals surface area contributed by atoms with Crippen LogP contribution in [0.3, 0.4) is 0 Å². The van der Waals surface area contributed by atoms with Crippen molar-refractivity contribution < 1.29 is 14.7 Å². The summed E-state index contributed by atoms with van der Waals surface area (Å²) in [6.07, 6.45) is 19.6. The van der Waals surface area contributed by atoms with Crippen molar-refractivity contribution in [3.8, 4) is 0 Å². The predicted octanol–water partition coefficient (Wildman–Crippen LogP) is 14.7. The van der Waals surface area contributed by atoms with Crippen molar-refractivity contribution in [2.45, 2.75) is 233 Å². The molecule has 2 aromatic rings. The topological polar surface area (TPSA) is 60.7 Å². The molecule has 2 rings (SSSR count). The van der Waals surface area contributed by atoms with E-state index in [9.17, 15) is 14.7 Å². The number of aryl methyl sites for hydroxylation is 2. The third kappa shape index (κ3) is 12.6. The van der Waals surface area contributed by atoms with Gasteiger partial charge in [0.25, 0.3) is 0 Å². The molecule has 2 aromatic carbocycles. The van der Waals surface area contributed by atoms with Crippen LogP contribution in [-0.4, -0.2) is 14.7 Å². The normalized spacial score (nSPS) is 13.7. The Kier molecular flexibility index (Phi) is 17.2. The van der Waals surface area contributed by atoms with E-state index in [4.69, 9.17) is 0 Å². The highest BCUT2D eigenvalue weighted by molar-refractivity contribution is 7.60. The third-order valence-electron chi connectivity index (χ3n) is 11.5. The summed E-state index contributed by atoms with van der Waals surface area (Å²) in [7, 11) is -4.55. The molecule has 0 bridgehead atoms. The van der Waals surface area contributed by atoms with E-state index in [-0.39, 0.29) is 21.7 Å². The lowest BCUT2D eigenvalue weighted by Crippen LogP contribution is -2.39. The van der Waals surface area contributed by atoms with E-state index < -0.39 is 13.1 Å². The zero-order valence-electron chi connectivity index (χ0n) is 36.9. The number of rotatable bonds is 19. The van der Waals surface area contributed by atoms with Crippen molar-refractivity contribution in [1.82, 2.24) is 0 Å². The molecular weight excluding hydrogens is 655 g/mol. The highest BCUT2D eigenvalue weighted by Gasteiger charge is 2.64. The molecule has 0 spiro atoms. The molecular formula is C48H84O3P+. The molecule has 0 heterocycles. The molecule has 0 aliphatic carbocycles. The lowest BCUT2D eigenvalue weighted by atomic mass is 9.67. The Labute approximate surface area is 323 Å². The Morgan fingerprint density at radius 3 is 0.962 bits per heavy atom. The number of hydrogen-bond acceptors (Lipinski definition) is 3. The summed E-state index contributed by atoms with van der Waals surface area (Å²) in [6, 6.07) is 9.10. The molecule has 298 valence electrons. The van der Waals surface area contributed by atoms with Gasteiger partial charge in [-0.15, -0.1) is 0 Å². The largest absolute Gasteiger partial charge is 0.419 e. The summed E-state index contributed by atoms with van der Waals surface area (Å²) in [5.74, 6) is 0. The summed E-state index contributed by atoms with van der Waals surface area (Å²) in [5.41, 5.74) is 7.79. The van der Waals surface area contributed by atoms with E-state index >= 15 is 0 Å². The van der Waals surface area contributed by atoms with Gasteiger partial charge in [-0.3, -0.25) is 0 Å². The van der Waals surface area contributed by atoms with Gasteiger partial charge in [0.1, 0.15) is 0 Å². The zero-order chi connectivity index (χ0) is 39.8. The molecule has 0 amide bonds. The first-order chi connectivity index (χ1) is 23.8. The highest BCUT2D eigenvalue weighted by Crippen LogP contribution is 2.72. The van der Waals surface area contributed by atoms with Gasteiger partial charge < -0.3 is 0 Å². The first kappa shape index (κ1) is 46.9. The standard InChI is InChI=1S/C48H84O3P/c1-16-17-18-19-20-21-22-23-24-25-26-27-28-29-30-31-48(52(49,50)51,42-36(2)32-38(44(4,5)6)34-40(42)46(10,11)12)43-37(3)33-39(45(7,8)9)35-41(43)47(13,14)15/h32-35,49-51H,16-31H2,1-15H3/q+1. The number of hydrogen-bond donors (Lipinski definition) is 3. The van der Waals surface area contributed by atoms with Crippen LogP contribution in [0, 0.1) is 13.8 Å². The fourth-order valence-electron chi connectivity index (χ4n) is 8.30. The molecule has 0 fully saturated rings. The smallest absolute Gasteiger partial charge is 0.192 e. The van der Waals surface area contributed by atoms with Crippen molar-refractivity contribution in [3.63, 3.8) is 0 Å². The van der Waals surface area contributed by atoms with Crippen LogP contribution >= 0.6 is 7.94 Å². The lowest BCUT2D eigenvalue weighted by molar-refractivity contribution is 0.283. The fraction of sp³-hybridized carbons (Fsp3) is 0.750. The molecule has 4 heteroatoms. The van der Waals surface area contributed by atoms with E-state index in [0.717, 1.165) is 52.6 Å². The van der Waals surface area contributed by atoms with Crippen molar-refractivity contribution >= 4 is 7.94 Å². The van der Waals surface area contributed by atoms with Crippen LogP contribution in [0.5, 0.6) is 0 Å². The molecule has 0 aliphatic rings. The highest BCUT2D eigenvalue weighted by atomic mass is 31.2. The van der Waals surface area contributed by atoms with E-state index in [1.165, 1.54) is 88.2 Å². The summed E-state index contributed by atoms with van der Waals surface area (Å²) in [6.45, 7) is 33.3. The number of unbranched alkanes of at least 4 members (excludes halogenated alkanes) is 14. The van der Waals surface area contributed by atoms with Crippen LogP contribution in [0.4, 0.5) is 0 Å². The maximum Gasteiger partial charge on any atom is 0.419 e. The molecule has 0 aliphatic heterocycles. The van der Waals surface area contributed by atoms with Gasteiger partial charge in [-0.25, -0.2) is 0 Å². The zero-order valence-corrected chi connectivity index (χ0v) is 37.8. The third-order valence-corrected chi connectivity index (χ3v) is 13.2. The second-order valence-corrected chi connectivity index (χ2v) is 22.5. The minimum atomic E-state index is -4.55. The average Bonchev–Trinajstić information content (AvgIpc) is 2.98. The van der Waals surface area contributed by atoms with E-state index in [2.05, 4.69) is 128 Å². The summed E-state index contributed by atoms with van der Waals surface area (Å²) in [5, 5.41) is -1.35. The lowest BCUT2D eigenvalue weighted by Gasteiger charge is -2.43.